The Morgan fingerprint density at radius 3 is 2.75 bits per heavy atom. The van der Waals surface area contributed by atoms with Crippen molar-refractivity contribution in [3.05, 3.63) is 58.5 Å². The second-order valence-corrected chi connectivity index (χ2v) is 8.01. The Labute approximate surface area is 161 Å². The second kappa shape index (κ2) is 6.75. The van der Waals surface area contributed by atoms with Gasteiger partial charge in [0.15, 0.2) is 11.7 Å². The number of nitrogens with zero attached hydrogens (tertiary/aromatic N) is 3. The zero-order valence-electron chi connectivity index (χ0n) is 15.1. The van der Waals surface area contributed by atoms with Gasteiger partial charge in [-0.25, -0.2) is 4.98 Å². The molecule has 0 atom stereocenters. The number of unbranched alkanes of at least 4 members (excludes halogenated alkanes) is 1. The van der Waals surface area contributed by atoms with Crippen molar-refractivity contribution in [2.24, 2.45) is 4.40 Å². The highest BCUT2D eigenvalue weighted by atomic mass is 32.2. The van der Waals surface area contributed by atoms with E-state index in [2.05, 4.69) is 14.7 Å². The van der Waals surface area contributed by atoms with Crippen LogP contribution in [-0.2, 0) is 16.6 Å². The fourth-order valence-corrected chi connectivity index (χ4v) is 4.32. The van der Waals surface area contributed by atoms with Crippen molar-refractivity contribution >= 4 is 32.6 Å². The van der Waals surface area contributed by atoms with Crippen LogP contribution >= 0.6 is 0 Å². The predicted molar refractivity (Wildman–Crippen MR) is 106 cm³/mol. The maximum Gasteiger partial charge on any atom is 0.287 e. The lowest BCUT2D eigenvalue weighted by Crippen LogP contribution is -2.33. The Morgan fingerprint density at radius 1 is 1.18 bits per heavy atom. The van der Waals surface area contributed by atoms with Gasteiger partial charge in [0.1, 0.15) is 16.2 Å². The second-order valence-electron chi connectivity index (χ2n) is 6.44. The van der Waals surface area contributed by atoms with Crippen LogP contribution < -0.4 is 10.9 Å². The molecule has 8 nitrogen and oxygen atoms in total. The number of hydrogen-bond donors (Lipinski definition) is 2. The average molecular weight is 398 g/mol. The number of rotatable bonds is 4. The molecule has 0 saturated heterocycles. The van der Waals surface area contributed by atoms with Crippen LogP contribution in [-0.4, -0.2) is 28.9 Å². The summed E-state index contributed by atoms with van der Waals surface area (Å²) in [6, 6.07) is 9.82. The van der Waals surface area contributed by atoms with E-state index in [1.807, 2.05) is 6.92 Å². The van der Waals surface area contributed by atoms with Crippen LogP contribution in [0.4, 0.5) is 5.82 Å². The number of fused-ring (bicyclic) bond motifs is 2. The van der Waals surface area contributed by atoms with Crippen LogP contribution in [0.5, 0.6) is 5.75 Å². The Bertz CT molecular complexity index is 1280. The molecule has 2 N–H and O–H groups in total. The van der Waals surface area contributed by atoms with E-state index in [4.69, 9.17) is 0 Å². The number of benzene rings is 1. The minimum absolute atomic E-state index is 0.0690. The lowest BCUT2D eigenvalue weighted by Gasteiger charge is -2.19. The van der Waals surface area contributed by atoms with Gasteiger partial charge in [0.25, 0.3) is 15.6 Å². The molecule has 1 aliphatic rings. The Morgan fingerprint density at radius 2 is 1.96 bits per heavy atom. The molecule has 0 amide bonds. The third-order valence-electron chi connectivity index (χ3n) is 4.61. The SMILES string of the molecule is CCCCn1c(=O)c(C2=NS(=O)(=O)c3cccnc3N2)c(O)c2ccccc21. The normalized spacial score (nSPS) is 15.0. The van der Waals surface area contributed by atoms with E-state index in [9.17, 15) is 18.3 Å². The third-order valence-corrected chi connectivity index (χ3v) is 5.92. The van der Waals surface area contributed by atoms with Crippen molar-refractivity contribution < 1.29 is 13.5 Å². The van der Waals surface area contributed by atoms with E-state index >= 15 is 0 Å². The highest BCUT2D eigenvalue weighted by Crippen LogP contribution is 2.31. The van der Waals surface area contributed by atoms with Gasteiger partial charge >= 0.3 is 0 Å². The molecule has 0 fully saturated rings. The molecule has 2 aromatic heterocycles. The smallest absolute Gasteiger partial charge is 0.287 e. The molecular formula is C19H18N4O4S. The maximum atomic E-state index is 13.2. The molecule has 0 bridgehead atoms. The van der Waals surface area contributed by atoms with E-state index in [0.29, 0.717) is 17.4 Å². The van der Waals surface area contributed by atoms with Gasteiger partial charge in [0.2, 0.25) is 0 Å². The first-order valence-corrected chi connectivity index (χ1v) is 10.3. The summed E-state index contributed by atoms with van der Waals surface area (Å²) in [6.45, 7) is 2.45. The number of aromatic nitrogens is 2. The van der Waals surface area contributed by atoms with Crippen LogP contribution in [0, 0.1) is 0 Å². The molecular weight excluding hydrogens is 380 g/mol. The Balaban J connectivity index is 2.00. The number of anilines is 1. The van der Waals surface area contributed by atoms with E-state index in [1.54, 1.807) is 28.8 Å². The monoisotopic (exact) mass is 398 g/mol. The highest BCUT2D eigenvalue weighted by Gasteiger charge is 2.30. The quantitative estimate of drug-likeness (QED) is 0.698. The van der Waals surface area contributed by atoms with E-state index < -0.39 is 15.6 Å². The van der Waals surface area contributed by atoms with Crippen molar-refractivity contribution in [2.75, 3.05) is 5.32 Å². The van der Waals surface area contributed by atoms with Crippen LogP contribution in [0.25, 0.3) is 10.9 Å². The number of amidine groups is 1. The van der Waals surface area contributed by atoms with Crippen LogP contribution in [0.1, 0.15) is 25.3 Å². The molecule has 1 aromatic carbocycles. The van der Waals surface area contributed by atoms with E-state index in [1.165, 1.54) is 18.3 Å². The Hall–Kier alpha value is -3.20. The summed E-state index contributed by atoms with van der Waals surface area (Å²) in [4.78, 5) is 17.1. The van der Waals surface area contributed by atoms with Crippen molar-refractivity contribution in [1.82, 2.24) is 9.55 Å². The summed E-state index contributed by atoms with van der Waals surface area (Å²) in [5.41, 5.74) is -0.111. The molecule has 1 aliphatic heterocycles. The number of nitrogens with one attached hydrogen (secondary N) is 1. The fraction of sp³-hybridized carbons (Fsp3) is 0.211. The zero-order valence-corrected chi connectivity index (χ0v) is 15.9. The van der Waals surface area contributed by atoms with E-state index in [-0.39, 0.29) is 27.9 Å². The molecule has 3 aromatic rings. The lowest BCUT2D eigenvalue weighted by atomic mass is 10.1. The van der Waals surface area contributed by atoms with Gasteiger partial charge in [-0.3, -0.25) is 4.79 Å². The fourth-order valence-electron chi connectivity index (χ4n) is 3.25. The van der Waals surface area contributed by atoms with Gasteiger partial charge in [-0.1, -0.05) is 25.5 Å². The van der Waals surface area contributed by atoms with Crippen molar-refractivity contribution in [3.8, 4) is 5.75 Å². The van der Waals surface area contributed by atoms with Crippen LogP contribution in [0.2, 0.25) is 0 Å². The number of hydrogen-bond acceptors (Lipinski definition) is 6. The summed E-state index contributed by atoms with van der Waals surface area (Å²) in [6.07, 6.45) is 3.07. The number of aromatic hydroxyl groups is 1. The molecule has 0 radical (unpaired) electrons. The minimum atomic E-state index is -4.05. The van der Waals surface area contributed by atoms with Crippen LogP contribution in [0.3, 0.4) is 0 Å². The molecule has 0 spiro atoms. The average Bonchev–Trinajstić information content (AvgIpc) is 2.68. The molecule has 28 heavy (non-hydrogen) atoms. The van der Waals surface area contributed by atoms with Gasteiger partial charge in [0, 0.05) is 18.1 Å². The lowest BCUT2D eigenvalue weighted by molar-refractivity contribution is 0.477. The molecule has 0 unspecified atom stereocenters. The zero-order chi connectivity index (χ0) is 19.9. The summed E-state index contributed by atoms with van der Waals surface area (Å²) < 4.78 is 30.4. The number of aryl methyl sites for hydroxylation is 1. The van der Waals surface area contributed by atoms with Crippen molar-refractivity contribution in [1.29, 1.82) is 0 Å². The summed E-state index contributed by atoms with van der Waals surface area (Å²) in [7, 11) is -4.05. The van der Waals surface area contributed by atoms with Gasteiger partial charge in [-0.15, -0.1) is 4.40 Å². The molecule has 0 saturated carbocycles. The summed E-state index contributed by atoms with van der Waals surface area (Å²) in [5.74, 6) is -0.474. The first-order valence-electron chi connectivity index (χ1n) is 8.86. The number of sulfonamides is 1. The van der Waals surface area contributed by atoms with Gasteiger partial charge < -0.3 is 15.0 Å². The first-order chi connectivity index (χ1) is 13.4. The maximum absolute atomic E-state index is 13.2. The highest BCUT2D eigenvalue weighted by molar-refractivity contribution is 7.90. The van der Waals surface area contributed by atoms with Crippen molar-refractivity contribution in [3.63, 3.8) is 0 Å². The number of para-hydroxylation sites is 1. The molecule has 0 aliphatic carbocycles. The predicted octanol–water partition coefficient (Wildman–Crippen LogP) is 2.46. The third kappa shape index (κ3) is 2.84. The molecule has 4 rings (SSSR count). The number of pyridine rings is 2. The largest absolute Gasteiger partial charge is 0.506 e. The summed E-state index contributed by atoms with van der Waals surface area (Å²) >= 11 is 0. The van der Waals surface area contributed by atoms with Gasteiger partial charge in [-0.2, -0.15) is 8.42 Å². The molecule has 3 heterocycles. The Kier molecular flexibility index (Phi) is 4.38. The standard InChI is InChI=1S/C19H18N4O4S/c1-2-3-11-23-13-8-5-4-7-12(13)16(24)15(19(23)25)18-21-17-14(9-6-10-20-17)28(26,27)22-18/h4-10,24H,2-3,11H2,1H3,(H,20,21,22). The van der Waals surface area contributed by atoms with Crippen LogP contribution in [0.15, 0.2) is 56.7 Å². The summed E-state index contributed by atoms with van der Waals surface area (Å²) in [5, 5.41) is 14.0. The first kappa shape index (κ1) is 18.2. The minimum Gasteiger partial charge on any atom is -0.506 e. The molecule has 9 heteroatoms. The van der Waals surface area contributed by atoms with Crippen molar-refractivity contribution in [2.45, 2.75) is 31.2 Å². The topological polar surface area (TPSA) is 114 Å². The molecule has 144 valence electrons. The van der Waals surface area contributed by atoms with E-state index in [0.717, 1.165) is 12.8 Å². The van der Waals surface area contributed by atoms with Gasteiger partial charge in [-0.05, 0) is 30.7 Å². The van der Waals surface area contributed by atoms with Gasteiger partial charge in [0.05, 0.1) is 5.52 Å².